The maximum absolute atomic E-state index is 12.6. The molecule has 1 aromatic rings. The van der Waals surface area contributed by atoms with Crippen LogP contribution in [0.3, 0.4) is 0 Å². The lowest BCUT2D eigenvalue weighted by atomic mass is 9.90. The molecular formula is C19H28N4O2. The van der Waals surface area contributed by atoms with Gasteiger partial charge in [-0.3, -0.25) is 9.59 Å². The standard InChI is InChI=1S/C19H28N4O2/c1-12-3-2-4-13-11-16(23-18(12)13)19(25)22-15-7-5-14(6-8-15)21-17(24)9-10-20/h2-4,14-16,23H,5-11,20H2,1H3,(H,21,24)(H,22,25)/t14-,15+,16?. The molecule has 2 amide bonds. The molecule has 0 bridgehead atoms. The number of nitrogens with one attached hydrogen (secondary N) is 3. The molecule has 25 heavy (non-hydrogen) atoms. The molecule has 1 fully saturated rings. The molecule has 2 aliphatic rings. The van der Waals surface area contributed by atoms with Crippen molar-refractivity contribution in [3.63, 3.8) is 0 Å². The van der Waals surface area contributed by atoms with E-state index in [1.165, 1.54) is 11.1 Å². The van der Waals surface area contributed by atoms with Gasteiger partial charge in [-0.1, -0.05) is 18.2 Å². The van der Waals surface area contributed by atoms with Gasteiger partial charge < -0.3 is 21.7 Å². The van der Waals surface area contributed by atoms with E-state index in [0.717, 1.165) is 37.8 Å². The number of anilines is 1. The highest BCUT2D eigenvalue weighted by Crippen LogP contribution is 2.29. The minimum atomic E-state index is -0.182. The first-order valence-corrected chi connectivity index (χ1v) is 9.21. The van der Waals surface area contributed by atoms with Crippen molar-refractivity contribution in [2.45, 2.75) is 63.6 Å². The Kier molecular flexibility index (Phi) is 5.58. The predicted octanol–water partition coefficient (Wildman–Crippen LogP) is 1.22. The summed E-state index contributed by atoms with van der Waals surface area (Å²) in [5.41, 5.74) is 8.90. The molecule has 136 valence electrons. The normalized spacial score (nSPS) is 25.0. The van der Waals surface area contributed by atoms with Crippen LogP contribution in [0.1, 0.15) is 43.2 Å². The summed E-state index contributed by atoms with van der Waals surface area (Å²) in [5, 5.41) is 9.56. The Morgan fingerprint density at radius 3 is 2.48 bits per heavy atom. The fourth-order valence-electron chi connectivity index (χ4n) is 3.82. The third kappa shape index (κ3) is 4.31. The third-order valence-electron chi connectivity index (χ3n) is 5.23. The van der Waals surface area contributed by atoms with E-state index >= 15 is 0 Å². The summed E-state index contributed by atoms with van der Waals surface area (Å²) in [4.78, 5) is 24.2. The van der Waals surface area contributed by atoms with Crippen LogP contribution in [-0.2, 0) is 16.0 Å². The van der Waals surface area contributed by atoms with E-state index in [9.17, 15) is 9.59 Å². The van der Waals surface area contributed by atoms with E-state index in [1.54, 1.807) is 0 Å². The zero-order chi connectivity index (χ0) is 17.8. The van der Waals surface area contributed by atoms with E-state index in [1.807, 2.05) is 6.07 Å². The first-order chi connectivity index (χ1) is 12.1. The lowest BCUT2D eigenvalue weighted by Gasteiger charge is -2.30. The molecule has 1 atom stereocenters. The number of aryl methyl sites for hydroxylation is 1. The van der Waals surface area contributed by atoms with Crippen LogP contribution in [0.2, 0.25) is 0 Å². The van der Waals surface area contributed by atoms with Gasteiger partial charge in [-0.05, 0) is 43.7 Å². The minimum Gasteiger partial charge on any atom is -0.373 e. The smallest absolute Gasteiger partial charge is 0.243 e. The second-order valence-electron chi connectivity index (χ2n) is 7.17. The van der Waals surface area contributed by atoms with Crippen molar-refractivity contribution >= 4 is 17.5 Å². The van der Waals surface area contributed by atoms with Crippen LogP contribution in [0.15, 0.2) is 18.2 Å². The van der Waals surface area contributed by atoms with Crippen LogP contribution in [0.25, 0.3) is 0 Å². The first kappa shape index (κ1) is 17.7. The molecule has 0 radical (unpaired) electrons. The monoisotopic (exact) mass is 344 g/mol. The van der Waals surface area contributed by atoms with E-state index in [-0.39, 0.29) is 29.9 Å². The van der Waals surface area contributed by atoms with Gasteiger partial charge >= 0.3 is 0 Å². The number of carbonyl (C=O) groups excluding carboxylic acids is 2. The molecule has 1 unspecified atom stereocenters. The topological polar surface area (TPSA) is 96.2 Å². The lowest BCUT2D eigenvalue weighted by Crippen LogP contribution is -2.47. The lowest BCUT2D eigenvalue weighted by molar-refractivity contribution is -0.123. The molecule has 1 saturated carbocycles. The van der Waals surface area contributed by atoms with Crippen molar-refractivity contribution in [3.05, 3.63) is 29.3 Å². The van der Waals surface area contributed by atoms with Gasteiger partial charge in [0.2, 0.25) is 11.8 Å². The summed E-state index contributed by atoms with van der Waals surface area (Å²) >= 11 is 0. The van der Waals surface area contributed by atoms with Crippen molar-refractivity contribution in [2.24, 2.45) is 5.73 Å². The highest BCUT2D eigenvalue weighted by Gasteiger charge is 2.30. The first-order valence-electron chi connectivity index (χ1n) is 9.21. The molecule has 0 spiro atoms. The summed E-state index contributed by atoms with van der Waals surface area (Å²) in [5.74, 6) is 0.101. The fraction of sp³-hybridized carbons (Fsp3) is 0.579. The second-order valence-corrected chi connectivity index (χ2v) is 7.17. The van der Waals surface area contributed by atoms with E-state index in [2.05, 4.69) is 35.0 Å². The van der Waals surface area contributed by atoms with Gasteiger partial charge in [-0.2, -0.15) is 0 Å². The summed E-state index contributed by atoms with van der Waals surface area (Å²) in [6, 6.07) is 6.41. The number of carbonyl (C=O) groups is 2. The quantitative estimate of drug-likeness (QED) is 0.646. The van der Waals surface area contributed by atoms with Gasteiger partial charge in [0.25, 0.3) is 0 Å². The van der Waals surface area contributed by atoms with Crippen LogP contribution >= 0.6 is 0 Å². The van der Waals surface area contributed by atoms with Gasteiger partial charge in [0.05, 0.1) is 0 Å². The van der Waals surface area contributed by atoms with E-state index in [0.29, 0.717) is 13.0 Å². The molecule has 3 rings (SSSR count). The summed E-state index contributed by atoms with van der Waals surface area (Å²) in [6.07, 6.45) is 4.73. The Morgan fingerprint density at radius 2 is 1.84 bits per heavy atom. The number of hydrogen-bond acceptors (Lipinski definition) is 4. The third-order valence-corrected chi connectivity index (χ3v) is 5.23. The average Bonchev–Trinajstić information content (AvgIpc) is 3.03. The van der Waals surface area contributed by atoms with Crippen LogP contribution in [0.5, 0.6) is 0 Å². The number of amides is 2. The zero-order valence-electron chi connectivity index (χ0n) is 14.8. The Morgan fingerprint density at radius 1 is 1.16 bits per heavy atom. The minimum absolute atomic E-state index is 0.0262. The molecular weight excluding hydrogens is 316 g/mol. The van der Waals surface area contributed by atoms with Gasteiger partial charge in [0.1, 0.15) is 6.04 Å². The van der Waals surface area contributed by atoms with E-state index in [4.69, 9.17) is 5.73 Å². The number of nitrogens with two attached hydrogens (primary N) is 1. The van der Waals surface area contributed by atoms with Crippen LogP contribution in [0.4, 0.5) is 5.69 Å². The van der Waals surface area contributed by atoms with Gasteiger partial charge in [0, 0.05) is 37.2 Å². The number of fused-ring (bicyclic) bond motifs is 1. The summed E-state index contributed by atoms with van der Waals surface area (Å²) < 4.78 is 0. The Hall–Kier alpha value is -2.08. The average molecular weight is 344 g/mol. The highest BCUT2D eigenvalue weighted by molar-refractivity contribution is 5.88. The Labute approximate surface area is 148 Å². The molecule has 1 aliphatic heterocycles. The maximum Gasteiger partial charge on any atom is 0.243 e. The molecule has 5 N–H and O–H groups in total. The molecule has 1 aliphatic carbocycles. The molecule has 6 heteroatoms. The second kappa shape index (κ2) is 7.87. The van der Waals surface area contributed by atoms with Crippen molar-refractivity contribution < 1.29 is 9.59 Å². The zero-order valence-corrected chi connectivity index (χ0v) is 14.8. The molecule has 6 nitrogen and oxygen atoms in total. The summed E-state index contributed by atoms with van der Waals surface area (Å²) in [7, 11) is 0. The van der Waals surface area contributed by atoms with E-state index < -0.39 is 0 Å². The summed E-state index contributed by atoms with van der Waals surface area (Å²) in [6.45, 7) is 2.44. The van der Waals surface area contributed by atoms with Crippen molar-refractivity contribution in [1.82, 2.24) is 10.6 Å². The van der Waals surface area contributed by atoms with Crippen LogP contribution < -0.4 is 21.7 Å². The number of benzene rings is 1. The van der Waals surface area contributed by atoms with Crippen LogP contribution in [0, 0.1) is 6.92 Å². The van der Waals surface area contributed by atoms with Crippen molar-refractivity contribution in [3.8, 4) is 0 Å². The molecule has 0 aromatic heterocycles. The number of para-hydroxylation sites is 1. The SMILES string of the molecule is Cc1cccc2c1NC(C(=O)N[C@H]1CC[C@@H](NC(=O)CCN)CC1)C2. The number of hydrogen-bond donors (Lipinski definition) is 4. The maximum atomic E-state index is 12.6. The van der Waals surface area contributed by atoms with Crippen molar-refractivity contribution in [1.29, 1.82) is 0 Å². The van der Waals surface area contributed by atoms with Gasteiger partial charge in [-0.25, -0.2) is 0 Å². The van der Waals surface area contributed by atoms with Crippen LogP contribution in [-0.4, -0.2) is 36.5 Å². The number of rotatable bonds is 5. The van der Waals surface area contributed by atoms with Gasteiger partial charge in [-0.15, -0.1) is 0 Å². The Balaban J connectivity index is 1.45. The molecule has 1 aromatic carbocycles. The molecule has 1 heterocycles. The largest absolute Gasteiger partial charge is 0.373 e. The van der Waals surface area contributed by atoms with Gasteiger partial charge in [0.15, 0.2) is 0 Å². The van der Waals surface area contributed by atoms with Crippen molar-refractivity contribution in [2.75, 3.05) is 11.9 Å². The fourth-order valence-corrected chi connectivity index (χ4v) is 3.82. The molecule has 0 saturated heterocycles. The predicted molar refractivity (Wildman–Crippen MR) is 98.3 cm³/mol. The Bertz CT molecular complexity index is 638. The highest BCUT2D eigenvalue weighted by atomic mass is 16.2.